The number of nitrogens with zero attached hydrogens (tertiary/aromatic N) is 1. The van der Waals surface area contributed by atoms with Crippen molar-refractivity contribution in [2.75, 3.05) is 18.1 Å². The second-order valence-electron chi connectivity index (χ2n) is 5.87. The number of carbonyl (C=O) groups is 2. The quantitative estimate of drug-likeness (QED) is 0.886. The van der Waals surface area contributed by atoms with Crippen molar-refractivity contribution in [1.82, 2.24) is 0 Å². The standard InChI is InChI=1S/C19H17F2NO4/c1-2-26-16-10-6-4-8-14(16)19(20,21)18(25)22-11-13(17(23)24)12-7-3-5-9-15(12)22/h3-10,13H,2,11H2,1H3,(H,23,24). The topological polar surface area (TPSA) is 66.8 Å². The van der Waals surface area contributed by atoms with Gasteiger partial charge in [-0.05, 0) is 30.7 Å². The number of ether oxygens (including phenoxy) is 1. The van der Waals surface area contributed by atoms with E-state index in [4.69, 9.17) is 4.74 Å². The van der Waals surface area contributed by atoms with Crippen LogP contribution in [0.4, 0.5) is 14.5 Å². The van der Waals surface area contributed by atoms with Gasteiger partial charge in [0.25, 0.3) is 0 Å². The Balaban J connectivity index is 2.00. The molecule has 0 radical (unpaired) electrons. The lowest BCUT2D eigenvalue weighted by atomic mass is 10.0. The van der Waals surface area contributed by atoms with E-state index in [2.05, 4.69) is 0 Å². The molecule has 1 N–H and O–H groups in total. The molecule has 3 rings (SSSR count). The predicted molar refractivity (Wildman–Crippen MR) is 90.7 cm³/mol. The molecule has 0 bridgehead atoms. The molecule has 0 saturated heterocycles. The Bertz CT molecular complexity index is 853. The fourth-order valence-corrected chi connectivity index (χ4v) is 3.10. The zero-order valence-electron chi connectivity index (χ0n) is 14.0. The van der Waals surface area contributed by atoms with E-state index in [0.717, 1.165) is 11.0 Å². The molecule has 0 spiro atoms. The Kier molecular flexibility index (Phi) is 4.63. The molecule has 1 heterocycles. The molecule has 1 atom stereocenters. The molecule has 0 fully saturated rings. The van der Waals surface area contributed by atoms with Crippen LogP contribution in [0.2, 0.25) is 0 Å². The minimum Gasteiger partial charge on any atom is -0.493 e. The second kappa shape index (κ2) is 6.74. The lowest BCUT2D eigenvalue weighted by Crippen LogP contribution is -2.42. The largest absolute Gasteiger partial charge is 0.493 e. The van der Waals surface area contributed by atoms with Crippen LogP contribution in [0.3, 0.4) is 0 Å². The average Bonchev–Trinajstić information content (AvgIpc) is 3.01. The Hall–Kier alpha value is -2.96. The van der Waals surface area contributed by atoms with Gasteiger partial charge in [-0.15, -0.1) is 0 Å². The summed E-state index contributed by atoms with van der Waals surface area (Å²) in [6, 6.07) is 11.7. The molecule has 1 aliphatic heterocycles. The van der Waals surface area contributed by atoms with Crippen molar-refractivity contribution in [2.45, 2.75) is 18.8 Å². The van der Waals surface area contributed by atoms with Crippen LogP contribution >= 0.6 is 0 Å². The fraction of sp³-hybridized carbons (Fsp3) is 0.263. The number of fused-ring (bicyclic) bond motifs is 1. The SMILES string of the molecule is CCOc1ccccc1C(F)(F)C(=O)N1CC(C(=O)O)c2ccccc21. The maximum Gasteiger partial charge on any atom is 0.353 e. The van der Waals surface area contributed by atoms with Crippen LogP contribution in [-0.2, 0) is 15.5 Å². The lowest BCUT2D eigenvalue weighted by molar-refractivity contribution is -0.144. The summed E-state index contributed by atoms with van der Waals surface area (Å²) in [5, 5.41) is 9.35. The van der Waals surface area contributed by atoms with Crippen molar-refractivity contribution < 1.29 is 28.2 Å². The van der Waals surface area contributed by atoms with E-state index in [9.17, 15) is 23.5 Å². The summed E-state index contributed by atoms with van der Waals surface area (Å²) in [6.45, 7) is 1.50. The van der Waals surface area contributed by atoms with Crippen molar-refractivity contribution in [3.8, 4) is 5.75 Å². The third-order valence-electron chi connectivity index (χ3n) is 4.31. The van der Waals surface area contributed by atoms with E-state index in [1.807, 2.05) is 0 Å². The molecule has 26 heavy (non-hydrogen) atoms. The minimum absolute atomic E-state index is 0.0735. The van der Waals surface area contributed by atoms with Gasteiger partial charge in [0.2, 0.25) is 0 Å². The number of para-hydroxylation sites is 2. The van der Waals surface area contributed by atoms with Crippen LogP contribution in [0, 0.1) is 0 Å². The molecule has 2 aromatic carbocycles. The number of hydrogen-bond acceptors (Lipinski definition) is 3. The van der Waals surface area contributed by atoms with Crippen LogP contribution in [0.5, 0.6) is 5.75 Å². The molecule has 7 heteroatoms. The average molecular weight is 361 g/mol. The first-order chi connectivity index (χ1) is 12.4. The highest BCUT2D eigenvalue weighted by molar-refractivity contribution is 6.03. The second-order valence-corrected chi connectivity index (χ2v) is 5.87. The van der Waals surface area contributed by atoms with Gasteiger partial charge in [0, 0.05) is 12.2 Å². The first-order valence-electron chi connectivity index (χ1n) is 8.11. The summed E-state index contributed by atoms with van der Waals surface area (Å²) >= 11 is 0. The highest BCUT2D eigenvalue weighted by Crippen LogP contribution is 2.42. The number of rotatable bonds is 5. The number of anilines is 1. The van der Waals surface area contributed by atoms with Crippen LogP contribution in [0.1, 0.15) is 24.0 Å². The van der Waals surface area contributed by atoms with Crippen molar-refractivity contribution in [3.05, 3.63) is 59.7 Å². The Morgan fingerprint density at radius 3 is 2.54 bits per heavy atom. The number of carboxylic acids is 1. The number of hydrogen-bond donors (Lipinski definition) is 1. The summed E-state index contributed by atoms with van der Waals surface area (Å²) in [7, 11) is 0. The molecule has 5 nitrogen and oxygen atoms in total. The summed E-state index contributed by atoms with van der Waals surface area (Å²) in [5.74, 6) is -7.60. The van der Waals surface area contributed by atoms with Gasteiger partial charge < -0.3 is 14.7 Å². The van der Waals surface area contributed by atoms with Crippen molar-refractivity contribution in [1.29, 1.82) is 0 Å². The molecular weight excluding hydrogens is 344 g/mol. The normalized spacial score (nSPS) is 16.3. The molecule has 1 unspecified atom stereocenters. The van der Waals surface area contributed by atoms with Gasteiger partial charge in [-0.25, -0.2) is 0 Å². The fourth-order valence-electron chi connectivity index (χ4n) is 3.10. The van der Waals surface area contributed by atoms with Gasteiger partial charge in [-0.1, -0.05) is 30.3 Å². The highest BCUT2D eigenvalue weighted by atomic mass is 19.3. The first-order valence-corrected chi connectivity index (χ1v) is 8.11. The van der Waals surface area contributed by atoms with E-state index >= 15 is 0 Å². The number of halogens is 2. The van der Waals surface area contributed by atoms with E-state index in [1.54, 1.807) is 25.1 Å². The number of aliphatic carboxylic acids is 1. The Labute approximate surface area is 148 Å². The zero-order valence-corrected chi connectivity index (χ0v) is 14.0. The predicted octanol–water partition coefficient (Wildman–Crippen LogP) is 3.39. The molecule has 0 aliphatic carbocycles. The van der Waals surface area contributed by atoms with Crippen LogP contribution in [0.25, 0.3) is 0 Å². The van der Waals surface area contributed by atoms with Gasteiger partial charge in [0.05, 0.1) is 12.2 Å². The van der Waals surface area contributed by atoms with Crippen LogP contribution < -0.4 is 9.64 Å². The molecule has 0 aromatic heterocycles. The molecule has 0 saturated carbocycles. The number of alkyl halides is 2. The highest BCUT2D eigenvalue weighted by Gasteiger charge is 2.49. The monoisotopic (exact) mass is 361 g/mol. The molecule has 2 aromatic rings. The van der Waals surface area contributed by atoms with E-state index in [0.29, 0.717) is 5.56 Å². The summed E-state index contributed by atoms with van der Waals surface area (Å²) in [4.78, 5) is 25.0. The van der Waals surface area contributed by atoms with E-state index in [1.165, 1.54) is 24.3 Å². The maximum atomic E-state index is 15.0. The van der Waals surface area contributed by atoms with Crippen molar-refractivity contribution >= 4 is 17.6 Å². The van der Waals surface area contributed by atoms with E-state index in [-0.39, 0.29) is 24.6 Å². The summed E-state index contributed by atoms with van der Waals surface area (Å²) in [5.41, 5.74) is 0.00353. The lowest BCUT2D eigenvalue weighted by Gasteiger charge is -2.25. The Morgan fingerprint density at radius 1 is 1.19 bits per heavy atom. The van der Waals surface area contributed by atoms with Crippen LogP contribution in [0.15, 0.2) is 48.5 Å². The number of amides is 1. The summed E-state index contributed by atoms with van der Waals surface area (Å²) in [6.07, 6.45) is 0. The van der Waals surface area contributed by atoms with Gasteiger partial charge in [-0.2, -0.15) is 8.78 Å². The minimum atomic E-state index is -3.85. The molecule has 136 valence electrons. The number of carbonyl (C=O) groups excluding carboxylic acids is 1. The van der Waals surface area contributed by atoms with Gasteiger partial charge in [-0.3, -0.25) is 9.59 Å². The molecular formula is C19H17F2NO4. The first kappa shape index (κ1) is 17.8. The number of carboxylic acid groups (broad SMARTS) is 1. The Morgan fingerprint density at radius 2 is 1.85 bits per heavy atom. The molecule has 1 amide bonds. The van der Waals surface area contributed by atoms with Gasteiger partial charge >= 0.3 is 17.8 Å². The zero-order chi connectivity index (χ0) is 18.9. The van der Waals surface area contributed by atoms with Crippen LogP contribution in [-0.4, -0.2) is 30.1 Å². The number of benzene rings is 2. The molecule has 1 aliphatic rings. The van der Waals surface area contributed by atoms with Crippen molar-refractivity contribution in [3.63, 3.8) is 0 Å². The smallest absolute Gasteiger partial charge is 0.353 e. The third-order valence-corrected chi connectivity index (χ3v) is 4.31. The van der Waals surface area contributed by atoms with E-state index < -0.39 is 29.3 Å². The third kappa shape index (κ3) is 2.89. The summed E-state index contributed by atoms with van der Waals surface area (Å²) < 4.78 is 35.2. The van der Waals surface area contributed by atoms with Crippen molar-refractivity contribution in [2.24, 2.45) is 0 Å². The van der Waals surface area contributed by atoms with Gasteiger partial charge in [0.1, 0.15) is 11.7 Å². The van der Waals surface area contributed by atoms with Gasteiger partial charge in [0.15, 0.2) is 0 Å². The maximum absolute atomic E-state index is 15.0.